The number of carbonyl (C=O) groups is 1. The molecule has 0 aliphatic carbocycles. The molecular formula is C17H26ClNO4. The lowest BCUT2D eigenvalue weighted by atomic mass is 10.1. The molecule has 0 aliphatic heterocycles. The van der Waals surface area contributed by atoms with Crippen molar-refractivity contribution in [1.29, 1.82) is 0 Å². The molecule has 1 rings (SSSR count). The normalized spacial score (nSPS) is 12.8. The van der Waals surface area contributed by atoms with Gasteiger partial charge in [-0.2, -0.15) is 0 Å². The van der Waals surface area contributed by atoms with Crippen LogP contribution in [-0.2, 0) is 14.3 Å². The van der Waals surface area contributed by atoms with E-state index < -0.39 is 5.60 Å². The molecule has 0 bridgehead atoms. The average Bonchev–Trinajstić information content (AvgIpc) is 2.48. The van der Waals surface area contributed by atoms with Crippen molar-refractivity contribution < 1.29 is 19.0 Å². The summed E-state index contributed by atoms with van der Waals surface area (Å²) >= 11 is 6.21. The van der Waals surface area contributed by atoms with Gasteiger partial charge < -0.3 is 19.5 Å². The summed E-state index contributed by atoms with van der Waals surface area (Å²) in [5.41, 5.74) is -0.301. The van der Waals surface area contributed by atoms with Crippen LogP contribution >= 0.6 is 11.6 Å². The second-order valence-corrected chi connectivity index (χ2v) is 6.25. The predicted molar refractivity (Wildman–Crippen MR) is 92.4 cm³/mol. The van der Waals surface area contributed by atoms with E-state index in [1.807, 2.05) is 13.8 Å². The topological polar surface area (TPSA) is 56.8 Å². The molecule has 0 radical (unpaired) electrons. The first-order valence-corrected chi connectivity index (χ1v) is 8.08. The first-order valence-electron chi connectivity index (χ1n) is 7.70. The monoisotopic (exact) mass is 343 g/mol. The summed E-state index contributed by atoms with van der Waals surface area (Å²) in [5.74, 6) is 0.333. The molecule has 6 heteroatoms. The van der Waals surface area contributed by atoms with Crippen molar-refractivity contribution in [3.05, 3.63) is 23.2 Å². The average molecular weight is 344 g/mol. The highest BCUT2D eigenvalue weighted by atomic mass is 35.5. The smallest absolute Gasteiger partial charge is 0.256 e. The molecule has 23 heavy (non-hydrogen) atoms. The van der Waals surface area contributed by atoms with Crippen molar-refractivity contribution in [2.75, 3.05) is 25.6 Å². The fourth-order valence-corrected chi connectivity index (χ4v) is 2.09. The maximum Gasteiger partial charge on any atom is 0.256 e. The summed E-state index contributed by atoms with van der Waals surface area (Å²) in [6.07, 6.45) is 0.744. The van der Waals surface area contributed by atoms with Gasteiger partial charge in [-0.05, 0) is 45.4 Å². The number of rotatable bonds is 9. The molecule has 1 aromatic rings. The van der Waals surface area contributed by atoms with Gasteiger partial charge in [0.25, 0.3) is 5.91 Å². The van der Waals surface area contributed by atoms with E-state index in [9.17, 15) is 4.79 Å². The maximum absolute atomic E-state index is 12.3. The number of benzene rings is 1. The number of carbonyl (C=O) groups excluding carboxylic acids is 1. The van der Waals surface area contributed by atoms with Crippen molar-refractivity contribution in [2.24, 2.45) is 0 Å². The Labute approximate surface area is 143 Å². The summed E-state index contributed by atoms with van der Waals surface area (Å²) in [5, 5.41) is 3.24. The molecule has 0 aliphatic rings. The van der Waals surface area contributed by atoms with E-state index >= 15 is 0 Å². The van der Waals surface area contributed by atoms with Gasteiger partial charge in [-0.15, -0.1) is 0 Å². The Balaban J connectivity index is 2.72. The number of amides is 1. The lowest BCUT2D eigenvalue weighted by molar-refractivity contribution is -0.137. The van der Waals surface area contributed by atoms with Crippen molar-refractivity contribution >= 4 is 23.2 Å². The molecule has 5 nitrogen and oxygen atoms in total. The third kappa shape index (κ3) is 6.37. The van der Waals surface area contributed by atoms with E-state index in [4.69, 9.17) is 25.8 Å². The van der Waals surface area contributed by atoms with Crippen LogP contribution in [0.15, 0.2) is 18.2 Å². The quantitative estimate of drug-likeness (QED) is 0.738. The number of nitrogens with one attached hydrogen (secondary N) is 1. The lowest BCUT2D eigenvalue weighted by Crippen LogP contribution is -2.40. The van der Waals surface area contributed by atoms with Gasteiger partial charge in [0.1, 0.15) is 17.5 Å². The number of methoxy groups -OCH3 is 1. The van der Waals surface area contributed by atoms with Gasteiger partial charge in [0.15, 0.2) is 0 Å². The van der Waals surface area contributed by atoms with E-state index in [1.54, 1.807) is 39.2 Å². The third-order valence-corrected chi connectivity index (χ3v) is 3.43. The van der Waals surface area contributed by atoms with E-state index in [0.29, 0.717) is 29.7 Å². The molecule has 1 atom stereocenters. The molecular weight excluding hydrogens is 318 g/mol. The van der Waals surface area contributed by atoms with Gasteiger partial charge >= 0.3 is 0 Å². The van der Waals surface area contributed by atoms with Crippen molar-refractivity contribution in [3.8, 4) is 5.75 Å². The maximum atomic E-state index is 12.3. The van der Waals surface area contributed by atoms with E-state index in [0.717, 1.165) is 6.42 Å². The molecule has 0 fully saturated rings. The van der Waals surface area contributed by atoms with E-state index in [-0.39, 0.29) is 12.0 Å². The summed E-state index contributed by atoms with van der Waals surface area (Å²) < 4.78 is 16.3. The summed E-state index contributed by atoms with van der Waals surface area (Å²) in [7, 11) is 1.61. The molecule has 0 saturated heterocycles. The number of hydrogen-bond donors (Lipinski definition) is 1. The zero-order valence-corrected chi connectivity index (χ0v) is 15.2. The lowest BCUT2D eigenvalue weighted by Gasteiger charge is -2.24. The Morgan fingerprint density at radius 3 is 2.65 bits per heavy atom. The zero-order valence-electron chi connectivity index (χ0n) is 14.4. The summed E-state index contributed by atoms with van der Waals surface area (Å²) in [6, 6.07) is 5.13. The van der Waals surface area contributed by atoms with Crippen LogP contribution in [0.2, 0.25) is 5.02 Å². The molecule has 0 spiro atoms. The minimum atomic E-state index is -0.898. The fraction of sp³-hybridized carbons (Fsp3) is 0.588. The van der Waals surface area contributed by atoms with Gasteiger partial charge in [0, 0.05) is 19.4 Å². The van der Waals surface area contributed by atoms with Crippen molar-refractivity contribution in [2.45, 2.75) is 45.8 Å². The van der Waals surface area contributed by atoms with Gasteiger partial charge in [0.05, 0.1) is 11.6 Å². The highest BCUT2D eigenvalue weighted by Gasteiger charge is 2.28. The van der Waals surface area contributed by atoms with Crippen LogP contribution in [0, 0.1) is 0 Å². The van der Waals surface area contributed by atoms with Gasteiger partial charge in [0.2, 0.25) is 0 Å². The molecule has 1 aromatic carbocycles. The zero-order chi connectivity index (χ0) is 17.5. The molecule has 130 valence electrons. The Morgan fingerprint density at radius 1 is 1.39 bits per heavy atom. The minimum absolute atomic E-state index is 0.112. The molecule has 1 N–H and O–H groups in total. The van der Waals surface area contributed by atoms with Crippen LogP contribution in [0.25, 0.3) is 0 Å². The van der Waals surface area contributed by atoms with Crippen LogP contribution in [-0.4, -0.2) is 37.9 Å². The molecule has 0 heterocycles. The Bertz CT molecular complexity index is 519. The molecule has 0 aromatic heterocycles. The second-order valence-electron chi connectivity index (χ2n) is 5.84. The predicted octanol–water partition coefficient (Wildman–Crippen LogP) is 3.90. The summed E-state index contributed by atoms with van der Waals surface area (Å²) in [4.78, 5) is 12.3. The Kier molecular flexibility index (Phi) is 7.82. The largest absolute Gasteiger partial charge is 0.487 e. The van der Waals surface area contributed by atoms with Crippen LogP contribution in [0.4, 0.5) is 5.69 Å². The molecule has 1 amide bonds. The van der Waals surface area contributed by atoms with Gasteiger partial charge in [-0.3, -0.25) is 4.79 Å². The minimum Gasteiger partial charge on any atom is -0.487 e. The highest BCUT2D eigenvalue weighted by Crippen LogP contribution is 2.29. The number of anilines is 1. The first-order chi connectivity index (χ1) is 10.8. The first kappa shape index (κ1) is 19.7. The number of halogens is 1. The fourth-order valence-electron chi connectivity index (χ4n) is 1.86. The van der Waals surface area contributed by atoms with Crippen molar-refractivity contribution in [3.63, 3.8) is 0 Å². The van der Waals surface area contributed by atoms with Gasteiger partial charge in [-0.1, -0.05) is 18.5 Å². The van der Waals surface area contributed by atoms with E-state index in [1.165, 1.54) is 0 Å². The molecule has 0 saturated carbocycles. The van der Waals surface area contributed by atoms with Crippen molar-refractivity contribution in [1.82, 2.24) is 0 Å². The van der Waals surface area contributed by atoms with Crippen LogP contribution < -0.4 is 10.1 Å². The Morgan fingerprint density at radius 2 is 2.09 bits per heavy atom. The van der Waals surface area contributed by atoms with Gasteiger partial charge in [-0.25, -0.2) is 0 Å². The number of hydrogen-bond acceptors (Lipinski definition) is 4. The standard InChI is InChI=1S/C17H26ClNO4/c1-6-9-22-17(3,4)16(20)19-13-7-8-15(14(18)10-13)23-12(2)11-21-5/h7-8,10,12H,6,9,11H2,1-5H3,(H,19,20). The third-order valence-electron chi connectivity index (χ3n) is 3.13. The molecule has 1 unspecified atom stereocenters. The Hall–Kier alpha value is -1.30. The highest BCUT2D eigenvalue weighted by molar-refractivity contribution is 6.32. The number of ether oxygens (including phenoxy) is 3. The summed E-state index contributed by atoms with van der Waals surface area (Å²) in [6.45, 7) is 8.37. The van der Waals surface area contributed by atoms with Crippen LogP contribution in [0.5, 0.6) is 5.75 Å². The second kappa shape index (κ2) is 9.11. The van der Waals surface area contributed by atoms with Crippen LogP contribution in [0.3, 0.4) is 0 Å². The van der Waals surface area contributed by atoms with Crippen LogP contribution in [0.1, 0.15) is 34.1 Å². The SMILES string of the molecule is CCCOC(C)(C)C(=O)Nc1ccc(OC(C)COC)c(Cl)c1. The van der Waals surface area contributed by atoms with E-state index in [2.05, 4.69) is 5.32 Å².